The predicted octanol–water partition coefficient (Wildman–Crippen LogP) is 5.72. The molecule has 0 saturated carbocycles. The fourth-order valence-corrected chi connectivity index (χ4v) is 2.45. The molecular formula is C17H13Cl2FN4. The first-order chi connectivity index (χ1) is 11.5. The molecule has 24 heavy (non-hydrogen) atoms. The van der Waals surface area contributed by atoms with E-state index in [-0.39, 0.29) is 5.82 Å². The molecule has 7 heteroatoms. The molecule has 0 amide bonds. The fourth-order valence-electron chi connectivity index (χ4n) is 2.12. The summed E-state index contributed by atoms with van der Waals surface area (Å²) in [5, 5.41) is 7.17. The number of anilines is 4. The van der Waals surface area contributed by atoms with Crippen LogP contribution < -0.4 is 10.6 Å². The summed E-state index contributed by atoms with van der Waals surface area (Å²) in [5.41, 5.74) is 1.94. The van der Waals surface area contributed by atoms with E-state index in [0.717, 1.165) is 5.69 Å². The van der Waals surface area contributed by atoms with Gasteiger partial charge >= 0.3 is 0 Å². The van der Waals surface area contributed by atoms with E-state index in [2.05, 4.69) is 20.6 Å². The van der Waals surface area contributed by atoms with E-state index in [1.54, 1.807) is 36.4 Å². The number of nitrogens with zero attached hydrogens (tertiary/aromatic N) is 2. The Hall–Kier alpha value is -2.37. The molecule has 0 spiro atoms. The smallest absolute Gasteiger partial charge is 0.229 e. The molecule has 0 aliphatic rings. The molecule has 2 N–H and O–H groups in total. The third-order valence-corrected chi connectivity index (χ3v) is 3.69. The van der Waals surface area contributed by atoms with Gasteiger partial charge in [-0.1, -0.05) is 29.3 Å². The average molecular weight is 363 g/mol. The minimum Gasteiger partial charge on any atom is -0.339 e. The number of aromatic nitrogens is 2. The van der Waals surface area contributed by atoms with Crippen molar-refractivity contribution in [3.8, 4) is 0 Å². The molecule has 2 aromatic carbocycles. The van der Waals surface area contributed by atoms with E-state index in [1.807, 2.05) is 6.92 Å². The highest BCUT2D eigenvalue weighted by atomic mass is 35.5. The maximum absolute atomic E-state index is 13.3. The van der Waals surface area contributed by atoms with E-state index in [4.69, 9.17) is 23.2 Å². The van der Waals surface area contributed by atoms with Gasteiger partial charge in [0.25, 0.3) is 0 Å². The second-order valence-corrected chi connectivity index (χ2v) is 5.95. The maximum atomic E-state index is 13.3. The lowest BCUT2D eigenvalue weighted by atomic mass is 10.3. The molecule has 0 aliphatic heterocycles. The Bertz CT molecular complexity index is 886. The van der Waals surface area contributed by atoms with Crippen molar-refractivity contribution >= 4 is 46.3 Å². The van der Waals surface area contributed by atoms with Gasteiger partial charge in [0.2, 0.25) is 5.95 Å². The largest absolute Gasteiger partial charge is 0.339 e. The number of aryl methyl sites for hydroxylation is 1. The quantitative estimate of drug-likeness (QED) is 0.623. The van der Waals surface area contributed by atoms with Gasteiger partial charge in [-0.25, -0.2) is 9.37 Å². The number of halogens is 3. The summed E-state index contributed by atoms with van der Waals surface area (Å²) in [7, 11) is 0. The van der Waals surface area contributed by atoms with E-state index in [9.17, 15) is 4.39 Å². The molecule has 3 aromatic rings. The van der Waals surface area contributed by atoms with Crippen molar-refractivity contribution < 1.29 is 4.39 Å². The number of hydrogen-bond acceptors (Lipinski definition) is 4. The van der Waals surface area contributed by atoms with Crippen LogP contribution in [-0.4, -0.2) is 9.97 Å². The lowest BCUT2D eigenvalue weighted by Crippen LogP contribution is -2.02. The first kappa shape index (κ1) is 16.5. The monoisotopic (exact) mass is 362 g/mol. The van der Waals surface area contributed by atoms with Crippen LogP contribution in [0.25, 0.3) is 0 Å². The van der Waals surface area contributed by atoms with E-state index in [1.165, 1.54) is 12.1 Å². The van der Waals surface area contributed by atoms with Crippen molar-refractivity contribution in [1.82, 2.24) is 9.97 Å². The normalized spacial score (nSPS) is 10.5. The highest BCUT2D eigenvalue weighted by Gasteiger charge is 2.07. The molecule has 0 saturated heterocycles. The summed E-state index contributed by atoms with van der Waals surface area (Å²) in [6.45, 7) is 1.84. The van der Waals surface area contributed by atoms with E-state index >= 15 is 0 Å². The molecule has 0 fully saturated rings. The van der Waals surface area contributed by atoms with Crippen LogP contribution in [0.15, 0.2) is 48.5 Å². The summed E-state index contributed by atoms with van der Waals surface area (Å²) in [5.74, 6) is 0.559. The molecule has 4 nitrogen and oxygen atoms in total. The number of nitrogens with one attached hydrogen (secondary N) is 2. The van der Waals surface area contributed by atoms with Crippen LogP contribution in [0.2, 0.25) is 10.0 Å². The van der Waals surface area contributed by atoms with E-state index < -0.39 is 0 Å². The molecule has 122 valence electrons. The molecule has 0 unspecified atom stereocenters. The van der Waals surface area contributed by atoms with Gasteiger partial charge < -0.3 is 10.6 Å². The second kappa shape index (κ2) is 7.03. The Labute approximate surface area is 148 Å². The highest BCUT2D eigenvalue weighted by molar-refractivity contribution is 6.35. The molecular weight excluding hydrogens is 350 g/mol. The Kier molecular flexibility index (Phi) is 4.83. The minimum atomic E-state index is -0.336. The van der Waals surface area contributed by atoms with Gasteiger partial charge in [0.05, 0.1) is 10.7 Å². The van der Waals surface area contributed by atoms with Crippen LogP contribution in [0.3, 0.4) is 0 Å². The molecule has 0 aliphatic carbocycles. The van der Waals surface area contributed by atoms with Gasteiger partial charge in [-0.3, -0.25) is 0 Å². The molecule has 1 heterocycles. The van der Waals surface area contributed by atoms with Crippen LogP contribution in [-0.2, 0) is 0 Å². The van der Waals surface area contributed by atoms with Gasteiger partial charge in [-0.15, -0.1) is 0 Å². The third-order valence-electron chi connectivity index (χ3n) is 3.13. The van der Waals surface area contributed by atoms with Crippen molar-refractivity contribution in [2.24, 2.45) is 0 Å². The van der Waals surface area contributed by atoms with Crippen molar-refractivity contribution in [3.05, 3.63) is 70.1 Å². The molecule has 0 bridgehead atoms. The van der Waals surface area contributed by atoms with Gasteiger partial charge in [0, 0.05) is 22.5 Å². The van der Waals surface area contributed by atoms with Crippen molar-refractivity contribution in [2.45, 2.75) is 6.92 Å². The zero-order chi connectivity index (χ0) is 17.1. The first-order valence-electron chi connectivity index (χ1n) is 7.10. The predicted molar refractivity (Wildman–Crippen MR) is 96.2 cm³/mol. The summed E-state index contributed by atoms with van der Waals surface area (Å²) in [6.07, 6.45) is 0. The zero-order valence-corrected chi connectivity index (χ0v) is 14.2. The molecule has 0 atom stereocenters. The standard InChI is InChI=1S/C17H13Cl2FN4/c1-10-7-16(23-15-8-11(18)5-6-14(15)19)24-17(21-10)22-13-4-2-3-12(20)9-13/h2-9H,1H3,(H2,21,22,23,24). The summed E-state index contributed by atoms with van der Waals surface area (Å²) < 4.78 is 13.3. The summed E-state index contributed by atoms with van der Waals surface area (Å²) in [6, 6.07) is 13.0. The van der Waals surface area contributed by atoms with Gasteiger partial charge in [0.15, 0.2) is 0 Å². The Morgan fingerprint density at radius 1 is 0.958 bits per heavy atom. The average Bonchev–Trinajstić information content (AvgIpc) is 2.50. The second-order valence-electron chi connectivity index (χ2n) is 5.10. The van der Waals surface area contributed by atoms with Gasteiger partial charge in [-0.2, -0.15) is 4.98 Å². The number of hydrogen-bond donors (Lipinski definition) is 2. The van der Waals surface area contributed by atoms with Crippen LogP contribution in [0.5, 0.6) is 0 Å². The summed E-state index contributed by atoms with van der Waals surface area (Å²) >= 11 is 12.1. The Morgan fingerprint density at radius 3 is 2.58 bits per heavy atom. The van der Waals surface area contributed by atoms with Crippen molar-refractivity contribution in [3.63, 3.8) is 0 Å². The SMILES string of the molecule is Cc1cc(Nc2cc(Cl)ccc2Cl)nc(Nc2cccc(F)c2)n1. The molecule has 3 rings (SSSR count). The van der Waals surface area contributed by atoms with Gasteiger partial charge in [-0.05, 0) is 43.3 Å². The number of benzene rings is 2. The van der Waals surface area contributed by atoms with Crippen molar-refractivity contribution in [2.75, 3.05) is 10.6 Å². The van der Waals surface area contributed by atoms with Crippen molar-refractivity contribution in [1.29, 1.82) is 0 Å². The molecule has 0 radical (unpaired) electrons. The van der Waals surface area contributed by atoms with E-state index in [0.29, 0.717) is 33.2 Å². The fraction of sp³-hybridized carbons (Fsp3) is 0.0588. The highest BCUT2D eigenvalue weighted by Crippen LogP contribution is 2.28. The Balaban J connectivity index is 1.87. The van der Waals surface area contributed by atoms with Gasteiger partial charge in [0.1, 0.15) is 11.6 Å². The topological polar surface area (TPSA) is 49.8 Å². The van der Waals surface area contributed by atoms with Crippen LogP contribution in [0.4, 0.5) is 27.5 Å². The molecule has 1 aromatic heterocycles. The Morgan fingerprint density at radius 2 is 1.79 bits per heavy atom. The number of rotatable bonds is 4. The first-order valence-corrected chi connectivity index (χ1v) is 7.85. The zero-order valence-electron chi connectivity index (χ0n) is 12.6. The van der Waals surface area contributed by atoms with Crippen LogP contribution >= 0.6 is 23.2 Å². The maximum Gasteiger partial charge on any atom is 0.229 e. The third kappa shape index (κ3) is 4.13. The van der Waals surface area contributed by atoms with Crippen LogP contribution in [0.1, 0.15) is 5.69 Å². The summed E-state index contributed by atoms with van der Waals surface area (Å²) in [4.78, 5) is 8.66. The van der Waals surface area contributed by atoms with Crippen LogP contribution in [0, 0.1) is 12.7 Å². The lowest BCUT2D eigenvalue weighted by molar-refractivity contribution is 0.628. The lowest BCUT2D eigenvalue weighted by Gasteiger charge is -2.11. The minimum absolute atomic E-state index is 0.336.